The summed E-state index contributed by atoms with van der Waals surface area (Å²) < 4.78 is 189. The van der Waals surface area contributed by atoms with Crippen LogP contribution in [0.4, 0.5) is 48.3 Å². The molecule has 0 amide bonds. The molecule has 29 heavy (non-hydrogen) atoms. The van der Waals surface area contributed by atoms with E-state index in [9.17, 15) is 65.1 Å². The number of alkyl halides is 6. The molecule has 0 bridgehead atoms. The molecular weight excluding hydrogens is 499 g/mol. The molecule has 1 aromatic rings. The van der Waals surface area contributed by atoms with Gasteiger partial charge in [0.05, 0.1) is 0 Å². The van der Waals surface area contributed by atoms with Gasteiger partial charge in [-0.1, -0.05) is 13.1 Å². The smallest absolute Gasteiger partial charge is 0.204 e. The van der Waals surface area contributed by atoms with Gasteiger partial charge in [-0.05, 0) is 0 Å². The Labute approximate surface area is 155 Å². The Balaban J connectivity index is 4.20. The highest BCUT2D eigenvalue weighted by Crippen LogP contribution is 2.39. The molecule has 0 fully saturated rings. The Kier molecular flexibility index (Phi) is 6.21. The lowest BCUT2D eigenvalue weighted by Crippen LogP contribution is -2.67. The molecule has 0 aliphatic heterocycles. The summed E-state index contributed by atoms with van der Waals surface area (Å²) >= 11 is 0. The van der Waals surface area contributed by atoms with E-state index in [4.69, 9.17) is 0 Å². The van der Waals surface area contributed by atoms with Gasteiger partial charge in [-0.3, -0.25) is 0 Å². The molecule has 0 atom stereocenters. The topological polar surface area (TPSA) is 71.5 Å². The summed E-state index contributed by atoms with van der Waals surface area (Å²) in [7, 11) is -21.1. The second-order valence-corrected chi connectivity index (χ2v) is 14.1. The third-order valence-corrected chi connectivity index (χ3v) is 13.3. The molecule has 0 unspecified atom stereocenters. The molecule has 0 spiro atoms. The predicted octanol–water partition coefficient (Wildman–Crippen LogP) is 2.80. The molecule has 168 valence electrons. The summed E-state index contributed by atoms with van der Waals surface area (Å²) in [6.07, 6.45) is 0. The summed E-state index contributed by atoms with van der Waals surface area (Å²) in [6.45, 7) is -0.199. The summed E-state index contributed by atoms with van der Waals surface area (Å²) in [6, 6.07) is 0. The second-order valence-electron chi connectivity index (χ2n) is 5.60. The van der Waals surface area contributed by atoms with Crippen LogP contribution in [0, 0.1) is 29.1 Å². The predicted molar refractivity (Wildman–Crippen MR) is 75.1 cm³/mol. The summed E-state index contributed by atoms with van der Waals surface area (Å²) in [5, 5.41) is -2.44. The Morgan fingerprint density at radius 2 is 0.862 bits per heavy atom. The van der Waals surface area contributed by atoms with Crippen LogP contribution < -0.4 is 5.19 Å². The van der Waals surface area contributed by atoms with Crippen LogP contribution in [0.1, 0.15) is 0 Å². The standard InChI is InChI=1S/C10H6F11NO4S2Si/c1-29(2,8-6(14)4(12)3(11)5(13)7(8)15)22(27(23,24)9(16,17)18)28(25,26)10(19,20)21/h1-2H3. The SMILES string of the molecule is C[Si](C)(c1c(F)c(F)c(F)c(F)c1F)N(S(=O)(=O)C(F)(F)F)S(=O)(=O)C(F)(F)F. The first-order valence-corrected chi connectivity index (χ1v) is 12.3. The van der Waals surface area contributed by atoms with Crippen LogP contribution in [0.3, 0.4) is 0 Å². The number of benzene rings is 1. The van der Waals surface area contributed by atoms with E-state index >= 15 is 0 Å². The van der Waals surface area contributed by atoms with Crippen LogP contribution in [0.2, 0.25) is 13.1 Å². The van der Waals surface area contributed by atoms with Gasteiger partial charge in [-0.15, -0.1) is 3.38 Å². The lowest BCUT2D eigenvalue weighted by atomic mass is 10.3. The van der Waals surface area contributed by atoms with Crippen molar-refractivity contribution in [3.63, 3.8) is 0 Å². The van der Waals surface area contributed by atoms with Gasteiger partial charge in [0.15, 0.2) is 31.5 Å². The molecule has 0 aliphatic rings. The maximum atomic E-state index is 14.0. The largest absolute Gasteiger partial charge is 0.512 e. The van der Waals surface area contributed by atoms with Gasteiger partial charge in [0.1, 0.15) is 0 Å². The van der Waals surface area contributed by atoms with E-state index in [0.29, 0.717) is 0 Å². The van der Waals surface area contributed by atoms with E-state index in [1.165, 1.54) is 0 Å². The van der Waals surface area contributed by atoms with Crippen LogP contribution >= 0.6 is 0 Å². The van der Waals surface area contributed by atoms with E-state index in [0.717, 1.165) is 0 Å². The van der Waals surface area contributed by atoms with E-state index in [1.54, 1.807) is 0 Å². The molecule has 0 heterocycles. The highest BCUT2D eigenvalue weighted by Gasteiger charge is 2.67. The summed E-state index contributed by atoms with van der Waals surface area (Å²) in [4.78, 5) is 0. The van der Waals surface area contributed by atoms with Crippen molar-refractivity contribution in [2.24, 2.45) is 0 Å². The van der Waals surface area contributed by atoms with Gasteiger partial charge in [0, 0.05) is 5.19 Å². The molecular formula is C10H6F11NO4S2Si. The second kappa shape index (κ2) is 7.05. The first kappa shape index (κ1) is 25.6. The van der Waals surface area contributed by atoms with Crippen molar-refractivity contribution < 1.29 is 65.1 Å². The van der Waals surface area contributed by atoms with Gasteiger partial charge in [0.25, 0.3) is 0 Å². The van der Waals surface area contributed by atoms with E-state index in [-0.39, 0.29) is 13.1 Å². The first-order chi connectivity index (χ1) is 12.5. The number of halogens is 11. The quantitative estimate of drug-likeness (QED) is 0.273. The molecule has 0 N–H and O–H groups in total. The van der Waals surface area contributed by atoms with Gasteiger partial charge >= 0.3 is 31.1 Å². The average molecular weight is 505 g/mol. The molecule has 1 aromatic carbocycles. The summed E-state index contributed by atoms with van der Waals surface area (Å²) in [5.74, 6) is -14.5. The Hall–Kier alpha value is -1.47. The lowest BCUT2D eigenvalue weighted by Gasteiger charge is -2.35. The maximum Gasteiger partial charge on any atom is 0.512 e. The van der Waals surface area contributed by atoms with E-state index in [1.807, 2.05) is 0 Å². The monoisotopic (exact) mass is 505 g/mol. The third kappa shape index (κ3) is 3.83. The molecule has 0 aliphatic carbocycles. The first-order valence-electron chi connectivity index (χ1n) is 6.49. The van der Waals surface area contributed by atoms with Gasteiger partial charge in [-0.25, -0.2) is 38.8 Å². The summed E-state index contributed by atoms with van der Waals surface area (Å²) in [5.41, 5.74) is -13.5. The fourth-order valence-electron chi connectivity index (χ4n) is 2.15. The zero-order valence-corrected chi connectivity index (χ0v) is 16.2. The van der Waals surface area contributed by atoms with Crippen molar-refractivity contribution in [2.75, 3.05) is 0 Å². The highest BCUT2D eigenvalue weighted by molar-refractivity contribution is 8.07. The fraction of sp³-hybridized carbons (Fsp3) is 0.400. The number of rotatable bonds is 4. The minimum atomic E-state index is -7.54. The van der Waals surface area contributed by atoms with Crippen molar-refractivity contribution in [1.82, 2.24) is 3.38 Å². The average Bonchev–Trinajstić information content (AvgIpc) is 2.47. The normalized spacial score (nSPS) is 14.6. The molecule has 1 rings (SSSR count). The number of hydrogen-bond donors (Lipinski definition) is 0. The Bertz CT molecular complexity index is 974. The number of hydrogen-bond acceptors (Lipinski definition) is 4. The fourth-order valence-corrected chi connectivity index (χ4v) is 11.5. The minimum absolute atomic E-state index is 0.0993. The van der Waals surface area contributed by atoms with Crippen molar-refractivity contribution >= 4 is 33.5 Å². The van der Waals surface area contributed by atoms with E-state index < -0.39 is 76.9 Å². The van der Waals surface area contributed by atoms with Crippen LogP contribution in [0.5, 0.6) is 0 Å². The zero-order valence-electron chi connectivity index (χ0n) is 13.6. The van der Waals surface area contributed by atoms with Crippen LogP contribution in [-0.4, -0.2) is 39.5 Å². The molecule has 5 nitrogen and oxygen atoms in total. The van der Waals surface area contributed by atoms with Crippen molar-refractivity contribution in [3.05, 3.63) is 29.1 Å². The van der Waals surface area contributed by atoms with Crippen LogP contribution in [-0.2, 0) is 20.0 Å². The highest BCUT2D eigenvalue weighted by atomic mass is 32.3. The molecule has 19 heteroatoms. The minimum Gasteiger partial charge on any atom is -0.204 e. The molecule has 0 saturated heterocycles. The zero-order chi connectivity index (χ0) is 23.5. The Morgan fingerprint density at radius 1 is 0.621 bits per heavy atom. The lowest BCUT2D eigenvalue weighted by molar-refractivity contribution is -0.0509. The molecule has 0 saturated carbocycles. The van der Waals surface area contributed by atoms with Gasteiger partial charge < -0.3 is 0 Å². The van der Waals surface area contributed by atoms with Crippen LogP contribution in [0.15, 0.2) is 0 Å². The Morgan fingerprint density at radius 3 is 1.10 bits per heavy atom. The van der Waals surface area contributed by atoms with Crippen molar-refractivity contribution in [3.8, 4) is 0 Å². The van der Waals surface area contributed by atoms with Gasteiger partial charge in [-0.2, -0.15) is 26.3 Å². The number of nitrogens with zero attached hydrogens (tertiary/aromatic N) is 1. The molecule has 0 radical (unpaired) electrons. The third-order valence-electron chi connectivity index (χ3n) is 3.30. The van der Waals surface area contributed by atoms with Gasteiger partial charge in [0.2, 0.25) is 5.82 Å². The number of sulfonamides is 2. The van der Waals surface area contributed by atoms with Crippen LogP contribution in [0.25, 0.3) is 0 Å². The van der Waals surface area contributed by atoms with Crippen molar-refractivity contribution in [2.45, 2.75) is 24.1 Å². The maximum absolute atomic E-state index is 14.0. The van der Waals surface area contributed by atoms with Crippen molar-refractivity contribution in [1.29, 1.82) is 0 Å². The molecule has 0 aromatic heterocycles. The van der Waals surface area contributed by atoms with E-state index in [2.05, 4.69) is 0 Å².